The molecule has 0 radical (unpaired) electrons. The van der Waals surface area contributed by atoms with E-state index < -0.39 is 0 Å². The average Bonchev–Trinajstić information content (AvgIpc) is 2.98. The van der Waals surface area contributed by atoms with Crippen molar-refractivity contribution in [3.8, 4) is 0 Å². The number of benzene rings is 2. The second kappa shape index (κ2) is 3.38. The summed E-state index contributed by atoms with van der Waals surface area (Å²) in [6, 6.07) is 9.80. The Morgan fingerprint density at radius 2 is 1.84 bits per heavy atom. The van der Waals surface area contributed by atoms with E-state index in [1.54, 1.807) is 6.20 Å². The number of hydrogen-bond donors (Lipinski definition) is 3. The summed E-state index contributed by atoms with van der Waals surface area (Å²) >= 11 is 0. The monoisotopic (exact) mass is 249 g/mol. The Balaban J connectivity index is 2.25. The van der Waals surface area contributed by atoms with E-state index >= 15 is 0 Å². The fourth-order valence-electron chi connectivity index (χ4n) is 2.70. The predicted molar refractivity (Wildman–Crippen MR) is 77.5 cm³/mol. The number of nitrogens with two attached hydrogens (primary N) is 1. The molecule has 4 N–H and O–H groups in total. The summed E-state index contributed by atoms with van der Waals surface area (Å²) in [5, 5.41) is 3.13. The van der Waals surface area contributed by atoms with Gasteiger partial charge in [-0.15, -0.1) is 0 Å². The normalized spacial score (nSPS) is 11.6. The number of anilines is 1. The van der Waals surface area contributed by atoms with E-state index in [0.717, 1.165) is 44.7 Å². The molecule has 0 saturated heterocycles. The van der Waals surface area contributed by atoms with Crippen LogP contribution in [0.5, 0.6) is 0 Å². The van der Waals surface area contributed by atoms with Crippen LogP contribution in [-0.4, -0.2) is 16.3 Å². The lowest BCUT2D eigenvalue weighted by atomic mass is 10.1. The summed E-state index contributed by atoms with van der Waals surface area (Å²) in [5.74, 6) is 0. The second-order valence-electron chi connectivity index (χ2n) is 4.70. The number of carbonyl (C=O) groups excluding carboxylic acids is 1. The number of H-pyrrole nitrogens is 2. The first-order chi connectivity index (χ1) is 9.28. The third kappa shape index (κ3) is 1.25. The Kier molecular flexibility index (Phi) is 1.82. The quantitative estimate of drug-likeness (QED) is 0.358. The number of nitrogen functional groups attached to an aromatic ring is 1. The second-order valence-corrected chi connectivity index (χ2v) is 4.70. The van der Waals surface area contributed by atoms with Crippen molar-refractivity contribution in [3.63, 3.8) is 0 Å². The molecule has 0 unspecified atom stereocenters. The molecule has 2 aromatic heterocycles. The summed E-state index contributed by atoms with van der Waals surface area (Å²) in [5.41, 5.74) is 10.3. The molecule has 0 amide bonds. The van der Waals surface area contributed by atoms with Crippen molar-refractivity contribution in [2.45, 2.75) is 0 Å². The molecule has 2 aromatic carbocycles. The number of aromatic nitrogens is 2. The Hall–Kier alpha value is -2.75. The predicted octanol–water partition coefficient (Wildman–Crippen LogP) is 3.20. The molecule has 0 spiro atoms. The number of carbonyl (C=O) groups is 1. The zero-order valence-corrected chi connectivity index (χ0v) is 10.0. The number of hydrogen-bond acceptors (Lipinski definition) is 2. The minimum atomic E-state index is 0.676. The van der Waals surface area contributed by atoms with Crippen molar-refractivity contribution in [2.75, 3.05) is 5.73 Å². The van der Waals surface area contributed by atoms with Crippen LogP contribution in [0.1, 0.15) is 10.4 Å². The molecule has 0 saturated carbocycles. The first-order valence-corrected chi connectivity index (χ1v) is 6.04. The van der Waals surface area contributed by atoms with Crippen LogP contribution in [0.2, 0.25) is 0 Å². The number of aromatic amines is 2. The van der Waals surface area contributed by atoms with Gasteiger partial charge in [-0.25, -0.2) is 0 Å². The van der Waals surface area contributed by atoms with Crippen LogP contribution in [0, 0.1) is 0 Å². The van der Waals surface area contributed by atoms with E-state index in [0.29, 0.717) is 5.56 Å². The maximum absolute atomic E-state index is 11.0. The highest BCUT2D eigenvalue weighted by molar-refractivity contribution is 6.18. The van der Waals surface area contributed by atoms with Crippen LogP contribution in [0.15, 0.2) is 36.5 Å². The highest BCUT2D eigenvalue weighted by Gasteiger charge is 2.10. The molecule has 4 aromatic rings. The van der Waals surface area contributed by atoms with E-state index in [2.05, 4.69) is 9.97 Å². The van der Waals surface area contributed by atoms with Gasteiger partial charge in [0.1, 0.15) is 0 Å². The molecule has 0 aliphatic heterocycles. The van der Waals surface area contributed by atoms with Crippen molar-refractivity contribution >= 4 is 44.7 Å². The molecule has 0 atom stereocenters. The van der Waals surface area contributed by atoms with Crippen molar-refractivity contribution in [1.29, 1.82) is 0 Å². The number of nitrogens with one attached hydrogen (secondary N) is 2. The SMILES string of the molecule is Nc1ccc2[nH]c3c(ccc4c(C=O)c[nH]c43)c2c1. The topological polar surface area (TPSA) is 74.7 Å². The molecular formula is C15H11N3O. The maximum Gasteiger partial charge on any atom is 0.152 e. The summed E-state index contributed by atoms with van der Waals surface area (Å²) in [6.07, 6.45) is 2.60. The first kappa shape index (κ1) is 10.2. The Bertz CT molecular complexity index is 946. The maximum atomic E-state index is 11.0. The fraction of sp³-hybridized carbons (Fsp3) is 0. The summed E-state index contributed by atoms with van der Waals surface area (Å²) in [6.45, 7) is 0. The summed E-state index contributed by atoms with van der Waals surface area (Å²) < 4.78 is 0. The lowest BCUT2D eigenvalue weighted by molar-refractivity contribution is 0.112. The van der Waals surface area contributed by atoms with Crippen molar-refractivity contribution in [2.24, 2.45) is 0 Å². The third-order valence-corrected chi connectivity index (χ3v) is 3.61. The van der Waals surface area contributed by atoms with Crippen LogP contribution in [-0.2, 0) is 0 Å². The van der Waals surface area contributed by atoms with Gasteiger partial charge in [-0.05, 0) is 18.2 Å². The Labute approximate surface area is 108 Å². The minimum absolute atomic E-state index is 0.676. The molecule has 92 valence electrons. The van der Waals surface area contributed by atoms with Gasteiger partial charge in [0.05, 0.1) is 11.0 Å². The van der Waals surface area contributed by atoms with Crippen LogP contribution in [0.4, 0.5) is 5.69 Å². The van der Waals surface area contributed by atoms with Gasteiger partial charge in [0.15, 0.2) is 6.29 Å². The molecule has 0 aliphatic carbocycles. The molecule has 4 heteroatoms. The Morgan fingerprint density at radius 1 is 1.00 bits per heavy atom. The third-order valence-electron chi connectivity index (χ3n) is 3.61. The summed E-state index contributed by atoms with van der Waals surface area (Å²) in [4.78, 5) is 17.5. The zero-order chi connectivity index (χ0) is 13.0. The van der Waals surface area contributed by atoms with Gasteiger partial charge >= 0.3 is 0 Å². The van der Waals surface area contributed by atoms with Crippen LogP contribution in [0.25, 0.3) is 32.7 Å². The largest absolute Gasteiger partial charge is 0.399 e. The van der Waals surface area contributed by atoms with Crippen LogP contribution < -0.4 is 5.73 Å². The molecule has 0 bridgehead atoms. The molecule has 0 fully saturated rings. The number of fused-ring (bicyclic) bond motifs is 5. The van der Waals surface area contributed by atoms with E-state index in [9.17, 15) is 4.79 Å². The molecule has 0 aliphatic rings. The highest BCUT2D eigenvalue weighted by atomic mass is 16.1. The molecule has 19 heavy (non-hydrogen) atoms. The van der Waals surface area contributed by atoms with Gasteiger partial charge in [-0.1, -0.05) is 12.1 Å². The molecule has 2 heterocycles. The van der Waals surface area contributed by atoms with Crippen molar-refractivity contribution < 1.29 is 4.79 Å². The first-order valence-electron chi connectivity index (χ1n) is 6.04. The van der Waals surface area contributed by atoms with Gasteiger partial charge in [0.2, 0.25) is 0 Å². The zero-order valence-electron chi connectivity index (χ0n) is 10.0. The Morgan fingerprint density at radius 3 is 2.68 bits per heavy atom. The average molecular weight is 249 g/mol. The van der Waals surface area contributed by atoms with E-state index in [1.165, 1.54) is 0 Å². The van der Waals surface area contributed by atoms with Crippen molar-refractivity contribution in [3.05, 3.63) is 42.1 Å². The van der Waals surface area contributed by atoms with E-state index in [-0.39, 0.29) is 0 Å². The molecule has 4 nitrogen and oxygen atoms in total. The van der Waals surface area contributed by atoms with E-state index in [4.69, 9.17) is 5.73 Å². The minimum Gasteiger partial charge on any atom is -0.399 e. The van der Waals surface area contributed by atoms with Gasteiger partial charge < -0.3 is 15.7 Å². The lowest BCUT2D eigenvalue weighted by Crippen LogP contribution is -1.81. The van der Waals surface area contributed by atoms with Gasteiger partial charge in [-0.3, -0.25) is 4.79 Å². The number of aldehydes is 1. The standard InChI is InChI=1S/C15H11N3O/c16-9-1-4-13-12(5-9)11-3-2-10-8(7-19)6-17-14(10)15(11)18-13/h1-7,17-18H,16H2. The van der Waals surface area contributed by atoms with Crippen LogP contribution in [0.3, 0.4) is 0 Å². The van der Waals surface area contributed by atoms with Gasteiger partial charge in [0, 0.05) is 39.1 Å². The molecular weight excluding hydrogens is 238 g/mol. The fourth-order valence-corrected chi connectivity index (χ4v) is 2.70. The van der Waals surface area contributed by atoms with Gasteiger partial charge in [0.25, 0.3) is 0 Å². The van der Waals surface area contributed by atoms with Crippen LogP contribution >= 0.6 is 0 Å². The van der Waals surface area contributed by atoms with E-state index in [1.807, 2.05) is 30.3 Å². The lowest BCUT2D eigenvalue weighted by Gasteiger charge is -1.95. The summed E-state index contributed by atoms with van der Waals surface area (Å²) in [7, 11) is 0. The van der Waals surface area contributed by atoms with Crippen molar-refractivity contribution in [1.82, 2.24) is 9.97 Å². The van der Waals surface area contributed by atoms with Gasteiger partial charge in [-0.2, -0.15) is 0 Å². The highest BCUT2D eigenvalue weighted by Crippen LogP contribution is 2.32. The molecule has 4 rings (SSSR count). The smallest absolute Gasteiger partial charge is 0.152 e. The number of rotatable bonds is 1.